The number of carbonyl (C=O) groups excluding carboxylic acids is 1. The van der Waals surface area contributed by atoms with Crippen LogP contribution in [0.3, 0.4) is 0 Å². The number of amides is 1. The quantitative estimate of drug-likeness (QED) is 0.649. The minimum absolute atomic E-state index is 0.0877. The third kappa shape index (κ3) is 4.46. The Hall–Kier alpha value is -3.20. The fourth-order valence-corrected chi connectivity index (χ4v) is 5.07. The smallest absolute Gasteiger partial charge is 0.316 e. The van der Waals surface area contributed by atoms with E-state index in [1.807, 2.05) is 19.9 Å². The van der Waals surface area contributed by atoms with Crippen LogP contribution in [0, 0.1) is 20.8 Å². The van der Waals surface area contributed by atoms with Gasteiger partial charge in [0.2, 0.25) is 5.82 Å². The lowest BCUT2D eigenvalue weighted by atomic mass is 10.1. The van der Waals surface area contributed by atoms with Crippen LogP contribution in [0.1, 0.15) is 40.2 Å². The van der Waals surface area contributed by atoms with Gasteiger partial charge >= 0.3 is 11.8 Å². The number of benzene rings is 2. The molecular weight excluding hydrogens is 416 g/mol. The first kappa shape index (κ1) is 21.0. The molecule has 0 spiro atoms. The van der Waals surface area contributed by atoms with Gasteiger partial charge in [-0.1, -0.05) is 23.4 Å². The molecule has 8 nitrogen and oxygen atoms in total. The molecule has 3 aromatic rings. The minimum Gasteiger partial charge on any atom is -0.334 e. The van der Waals surface area contributed by atoms with Gasteiger partial charge in [0, 0.05) is 24.3 Å². The van der Waals surface area contributed by atoms with E-state index >= 15 is 0 Å². The van der Waals surface area contributed by atoms with Gasteiger partial charge in [-0.3, -0.25) is 9.52 Å². The second-order valence-corrected chi connectivity index (χ2v) is 9.54. The van der Waals surface area contributed by atoms with Gasteiger partial charge in [0.25, 0.3) is 10.0 Å². The fraction of sp³-hybridized carbons (Fsp3) is 0.318. The Morgan fingerprint density at radius 2 is 1.71 bits per heavy atom. The molecule has 1 aliphatic heterocycles. The second-order valence-electron chi connectivity index (χ2n) is 7.88. The van der Waals surface area contributed by atoms with Crippen molar-refractivity contribution in [1.82, 2.24) is 15.0 Å². The molecule has 162 valence electrons. The van der Waals surface area contributed by atoms with E-state index < -0.39 is 10.0 Å². The van der Waals surface area contributed by atoms with Gasteiger partial charge in [0.15, 0.2) is 0 Å². The largest absolute Gasteiger partial charge is 0.334 e. The number of nitrogens with one attached hydrogen (secondary N) is 1. The van der Waals surface area contributed by atoms with Gasteiger partial charge in [-0.05, 0) is 68.5 Å². The van der Waals surface area contributed by atoms with Crippen LogP contribution in [0.25, 0.3) is 11.4 Å². The van der Waals surface area contributed by atoms with E-state index in [1.54, 1.807) is 36.1 Å². The number of aromatic nitrogens is 2. The van der Waals surface area contributed by atoms with Crippen LogP contribution >= 0.6 is 0 Å². The predicted octanol–water partition coefficient (Wildman–Crippen LogP) is 3.70. The Bertz CT molecular complexity index is 1220. The van der Waals surface area contributed by atoms with Crippen molar-refractivity contribution >= 4 is 21.6 Å². The normalized spacial score (nSPS) is 14.1. The Morgan fingerprint density at radius 1 is 1.03 bits per heavy atom. The van der Waals surface area contributed by atoms with Crippen molar-refractivity contribution < 1.29 is 17.7 Å². The zero-order valence-corrected chi connectivity index (χ0v) is 18.5. The van der Waals surface area contributed by atoms with Gasteiger partial charge in [-0.25, -0.2) is 8.42 Å². The Balaban J connectivity index is 1.63. The van der Waals surface area contributed by atoms with Crippen LogP contribution in [0.15, 0.2) is 45.8 Å². The summed E-state index contributed by atoms with van der Waals surface area (Å²) in [7, 11) is -3.84. The Labute approximate surface area is 181 Å². The Morgan fingerprint density at radius 3 is 2.39 bits per heavy atom. The molecule has 9 heteroatoms. The molecule has 2 aromatic carbocycles. The standard InChI is InChI=1S/C22H24N4O4S/c1-14-10-15(2)12-18(11-14)25-31(28,29)19-13-17(7-6-16(19)3)20-23-21(30-24-20)22(27)26-8-4-5-9-26/h6-7,10-13,25H,4-5,8-9H2,1-3H3. The first-order chi connectivity index (χ1) is 14.7. The van der Waals surface area contributed by atoms with Gasteiger partial charge in [-0.15, -0.1) is 0 Å². The zero-order chi connectivity index (χ0) is 22.2. The van der Waals surface area contributed by atoms with Crippen LogP contribution in [0.5, 0.6) is 0 Å². The average molecular weight is 441 g/mol. The summed E-state index contributed by atoms with van der Waals surface area (Å²) in [5, 5.41) is 3.89. The van der Waals surface area contributed by atoms with Gasteiger partial charge in [0.1, 0.15) is 0 Å². The van der Waals surface area contributed by atoms with Crippen LogP contribution in [0.2, 0.25) is 0 Å². The molecule has 0 unspecified atom stereocenters. The maximum absolute atomic E-state index is 13.1. The molecule has 31 heavy (non-hydrogen) atoms. The summed E-state index contributed by atoms with van der Waals surface area (Å²) in [4.78, 5) is 18.4. The van der Waals surface area contributed by atoms with Crippen molar-refractivity contribution in [2.45, 2.75) is 38.5 Å². The molecule has 1 amide bonds. The maximum atomic E-state index is 13.1. The lowest BCUT2D eigenvalue weighted by molar-refractivity contribution is 0.0743. The Kier molecular flexibility index (Phi) is 5.53. The number of aryl methyl sites for hydroxylation is 3. The van der Waals surface area contributed by atoms with Crippen molar-refractivity contribution in [3.63, 3.8) is 0 Å². The minimum atomic E-state index is -3.84. The first-order valence-corrected chi connectivity index (χ1v) is 11.6. The van der Waals surface area contributed by atoms with Crippen LogP contribution in [-0.2, 0) is 10.0 Å². The van der Waals surface area contributed by atoms with E-state index in [0.717, 1.165) is 24.0 Å². The van der Waals surface area contributed by atoms with Gasteiger partial charge < -0.3 is 9.42 Å². The van der Waals surface area contributed by atoms with Crippen molar-refractivity contribution in [2.75, 3.05) is 17.8 Å². The summed E-state index contributed by atoms with van der Waals surface area (Å²) >= 11 is 0. The average Bonchev–Trinajstić information content (AvgIpc) is 3.39. The molecule has 0 atom stereocenters. The van der Waals surface area contributed by atoms with Crippen molar-refractivity contribution in [1.29, 1.82) is 0 Å². The van der Waals surface area contributed by atoms with E-state index in [0.29, 0.717) is 29.9 Å². The summed E-state index contributed by atoms with van der Waals surface area (Å²) in [6.45, 7) is 6.89. The van der Waals surface area contributed by atoms with Gasteiger partial charge in [-0.2, -0.15) is 4.98 Å². The third-order valence-corrected chi connectivity index (χ3v) is 6.74. The molecule has 1 saturated heterocycles. The fourth-order valence-electron chi connectivity index (χ4n) is 3.76. The second kappa shape index (κ2) is 8.14. The molecule has 4 rings (SSSR count). The zero-order valence-electron chi connectivity index (χ0n) is 17.7. The summed E-state index contributed by atoms with van der Waals surface area (Å²) in [6, 6.07) is 10.4. The molecule has 1 fully saturated rings. The molecule has 0 radical (unpaired) electrons. The van der Waals surface area contributed by atoms with E-state index in [2.05, 4.69) is 14.9 Å². The SMILES string of the molecule is Cc1cc(C)cc(NS(=O)(=O)c2cc(-c3noc(C(=O)N4CCCC4)n3)ccc2C)c1. The number of rotatable bonds is 5. The number of anilines is 1. The number of likely N-dealkylation sites (tertiary alicyclic amines) is 1. The van der Waals surface area contributed by atoms with E-state index in [-0.39, 0.29) is 22.5 Å². The highest BCUT2D eigenvalue weighted by Crippen LogP contribution is 2.26. The monoisotopic (exact) mass is 440 g/mol. The molecule has 0 bridgehead atoms. The first-order valence-electron chi connectivity index (χ1n) is 10.1. The number of carbonyl (C=O) groups is 1. The summed E-state index contributed by atoms with van der Waals surface area (Å²) in [5.74, 6) is -0.215. The van der Waals surface area contributed by atoms with Crippen molar-refractivity contribution in [3.8, 4) is 11.4 Å². The summed E-state index contributed by atoms with van der Waals surface area (Å²) < 4.78 is 34.0. The number of nitrogens with zero attached hydrogens (tertiary/aromatic N) is 3. The molecule has 0 aliphatic carbocycles. The summed E-state index contributed by atoms with van der Waals surface area (Å²) in [6.07, 6.45) is 1.92. The van der Waals surface area contributed by atoms with E-state index in [4.69, 9.17) is 4.52 Å². The number of hydrogen-bond acceptors (Lipinski definition) is 6. The number of hydrogen-bond donors (Lipinski definition) is 1. The highest BCUT2D eigenvalue weighted by Gasteiger charge is 2.26. The van der Waals surface area contributed by atoms with Crippen LogP contribution < -0.4 is 4.72 Å². The molecular formula is C22H24N4O4S. The van der Waals surface area contributed by atoms with Crippen molar-refractivity contribution in [2.24, 2.45) is 0 Å². The van der Waals surface area contributed by atoms with Crippen LogP contribution in [-0.4, -0.2) is 42.5 Å². The predicted molar refractivity (Wildman–Crippen MR) is 116 cm³/mol. The van der Waals surface area contributed by atoms with Gasteiger partial charge in [0.05, 0.1) is 4.90 Å². The highest BCUT2D eigenvalue weighted by atomic mass is 32.2. The van der Waals surface area contributed by atoms with E-state index in [9.17, 15) is 13.2 Å². The van der Waals surface area contributed by atoms with E-state index in [1.165, 1.54) is 6.07 Å². The molecule has 2 heterocycles. The molecule has 1 aliphatic rings. The lowest BCUT2D eigenvalue weighted by Gasteiger charge is -2.12. The summed E-state index contributed by atoms with van der Waals surface area (Å²) in [5.41, 5.74) is 3.46. The maximum Gasteiger partial charge on any atom is 0.316 e. The molecule has 0 saturated carbocycles. The molecule has 1 aromatic heterocycles. The lowest BCUT2D eigenvalue weighted by Crippen LogP contribution is -2.27. The highest BCUT2D eigenvalue weighted by molar-refractivity contribution is 7.92. The topological polar surface area (TPSA) is 105 Å². The molecule has 1 N–H and O–H groups in total. The number of sulfonamides is 1. The van der Waals surface area contributed by atoms with Crippen molar-refractivity contribution in [3.05, 3.63) is 59.0 Å². The van der Waals surface area contributed by atoms with Crippen LogP contribution in [0.4, 0.5) is 5.69 Å². The third-order valence-electron chi connectivity index (χ3n) is 5.21.